The number of hydrogen-bond donors (Lipinski definition) is 2. The second kappa shape index (κ2) is 11.9. The number of fused-ring (bicyclic) bond motifs is 8. The quantitative estimate of drug-likeness (QED) is 0.174. The van der Waals surface area contributed by atoms with Crippen molar-refractivity contribution in [1.29, 1.82) is 0 Å². The number of alkyl halides is 12. The van der Waals surface area contributed by atoms with Gasteiger partial charge in [0.05, 0.1) is 45.0 Å². The van der Waals surface area contributed by atoms with Crippen LogP contribution in [0.3, 0.4) is 0 Å². The molecule has 0 unspecified atom stereocenters. The summed E-state index contributed by atoms with van der Waals surface area (Å²) in [5.74, 6) is 0. The van der Waals surface area contributed by atoms with E-state index >= 15 is 0 Å². The van der Waals surface area contributed by atoms with E-state index in [1.165, 1.54) is 60.7 Å². The van der Waals surface area contributed by atoms with E-state index in [4.69, 9.17) is 0 Å². The van der Waals surface area contributed by atoms with Gasteiger partial charge in [0.2, 0.25) is 0 Å². The molecule has 0 amide bonds. The maximum atomic E-state index is 13.8. The van der Waals surface area contributed by atoms with Gasteiger partial charge in [-0.2, -0.15) is 52.7 Å². The second-order valence-corrected chi connectivity index (χ2v) is 11.8. The molecule has 2 aliphatic rings. The van der Waals surface area contributed by atoms with Crippen LogP contribution < -0.4 is 0 Å². The van der Waals surface area contributed by atoms with Crippen LogP contribution in [0.4, 0.5) is 52.7 Å². The zero-order valence-corrected chi connectivity index (χ0v) is 25.7. The van der Waals surface area contributed by atoms with Gasteiger partial charge in [-0.05, 0) is 108 Å². The molecule has 16 heteroatoms. The molecule has 2 N–H and O–H groups in total. The number of hydrogen-bond acceptors (Lipinski definition) is 2. The van der Waals surface area contributed by atoms with Gasteiger partial charge in [-0.3, -0.25) is 0 Å². The fraction of sp³-hybridized carbons (Fsp3) is 0.111. The van der Waals surface area contributed by atoms with E-state index < -0.39 is 58.1 Å². The summed E-state index contributed by atoms with van der Waals surface area (Å²) in [6.07, 6.45) is -14.9. The first-order valence-corrected chi connectivity index (χ1v) is 14.9. The number of aromatic amines is 2. The van der Waals surface area contributed by atoms with Gasteiger partial charge in [-0.1, -0.05) is 0 Å². The Morgan fingerprint density at radius 1 is 0.385 bits per heavy atom. The van der Waals surface area contributed by atoms with Gasteiger partial charge >= 0.3 is 24.7 Å². The van der Waals surface area contributed by atoms with Gasteiger partial charge in [0.25, 0.3) is 0 Å². The third kappa shape index (κ3) is 6.79. The van der Waals surface area contributed by atoms with Crippen LogP contribution in [0.5, 0.6) is 0 Å². The molecule has 52 heavy (non-hydrogen) atoms. The summed E-state index contributed by atoms with van der Waals surface area (Å²) in [7, 11) is 0. The van der Waals surface area contributed by atoms with E-state index in [0.29, 0.717) is 24.3 Å². The molecule has 0 spiro atoms. The minimum Gasteiger partial charge on any atom is -0.355 e. The predicted octanol–water partition coefficient (Wildman–Crippen LogP) is 12.1. The van der Waals surface area contributed by atoms with E-state index in [1.807, 2.05) is 0 Å². The SMILES string of the molecule is FC(F)(F)c1cc(-c2c3nc(cc4ccc([nH]4)c(-c4cc(C(F)(F)F)cc(C(F)(F)F)c4)c4ccc(cc5nc2C=C5)[nH]4)C=C3)cc(C(F)(F)F)c1. The largest absolute Gasteiger partial charge is 0.416 e. The highest BCUT2D eigenvalue weighted by atomic mass is 19.4. The summed E-state index contributed by atoms with van der Waals surface area (Å²) in [6.45, 7) is 0. The lowest BCUT2D eigenvalue weighted by Gasteiger charge is -2.15. The highest BCUT2D eigenvalue weighted by Crippen LogP contribution is 2.42. The fourth-order valence-electron chi connectivity index (χ4n) is 5.88. The lowest BCUT2D eigenvalue weighted by atomic mass is 9.97. The van der Waals surface area contributed by atoms with Crippen LogP contribution in [0.1, 0.15) is 45.0 Å². The highest BCUT2D eigenvalue weighted by molar-refractivity contribution is 5.95. The lowest BCUT2D eigenvalue weighted by molar-refractivity contribution is -0.144. The van der Waals surface area contributed by atoms with Crippen LogP contribution in [0.2, 0.25) is 0 Å². The minimum atomic E-state index is -5.12. The molecule has 266 valence electrons. The van der Waals surface area contributed by atoms with Gasteiger partial charge in [0, 0.05) is 33.2 Å². The molecule has 0 saturated heterocycles. The van der Waals surface area contributed by atoms with E-state index in [9.17, 15) is 52.7 Å². The van der Waals surface area contributed by atoms with Crippen molar-refractivity contribution < 1.29 is 52.7 Å². The molecule has 0 saturated carbocycles. The Hall–Kier alpha value is -5.80. The molecule has 8 bridgehead atoms. The predicted molar refractivity (Wildman–Crippen MR) is 170 cm³/mol. The van der Waals surface area contributed by atoms with Crippen molar-refractivity contribution in [3.05, 3.63) is 118 Å². The Morgan fingerprint density at radius 3 is 1.08 bits per heavy atom. The standard InChI is InChI=1S/C36H18F12N4/c37-33(38,39)19-9-17(10-20(13-19)34(40,41)42)31-27-5-1-23(49-27)15-24-2-6-29(50-24)32(30-8-4-26(52-30)16-25-3-7-28(31)51-25)18-11-21(35(43,44)45)14-22(12-18)36(46,47)48/h1-16,49,51H. The average Bonchev–Trinajstić information content (AvgIpc) is 3.86. The van der Waals surface area contributed by atoms with Gasteiger partial charge in [-0.15, -0.1) is 0 Å². The molecule has 5 heterocycles. The van der Waals surface area contributed by atoms with Crippen molar-refractivity contribution in [1.82, 2.24) is 19.9 Å². The second-order valence-electron chi connectivity index (χ2n) is 11.8. The number of nitrogens with zero attached hydrogens (tertiary/aromatic N) is 2. The van der Waals surface area contributed by atoms with Gasteiger partial charge in [0.1, 0.15) is 0 Å². The molecule has 2 aromatic carbocycles. The maximum absolute atomic E-state index is 13.8. The Kier molecular flexibility index (Phi) is 7.92. The fourth-order valence-corrected chi connectivity index (χ4v) is 5.88. The normalized spacial score (nSPS) is 13.6. The number of H-pyrrole nitrogens is 2. The number of aromatic nitrogens is 4. The van der Waals surface area contributed by atoms with E-state index in [0.717, 1.165) is 0 Å². The molecular weight excluding hydrogens is 716 g/mol. The summed E-state index contributed by atoms with van der Waals surface area (Å²) >= 11 is 0. The molecule has 0 radical (unpaired) electrons. The van der Waals surface area contributed by atoms with Crippen molar-refractivity contribution in [2.75, 3.05) is 0 Å². The molecule has 7 rings (SSSR count). The summed E-state index contributed by atoms with van der Waals surface area (Å²) < 4.78 is 166. The van der Waals surface area contributed by atoms with Crippen molar-refractivity contribution in [2.45, 2.75) is 24.7 Å². The van der Waals surface area contributed by atoms with Crippen LogP contribution in [0, 0.1) is 0 Å². The number of benzene rings is 2. The molecular formula is C36H18F12N4. The number of nitrogens with one attached hydrogen (secondary N) is 2. The Morgan fingerprint density at radius 2 is 0.731 bits per heavy atom. The van der Waals surface area contributed by atoms with Crippen LogP contribution in [0.15, 0.2) is 72.8 Å². The van der Waals surface area contributed by atoms with Crippen LogP contribution in [0.25, 0.3) is 68.6 Å². The zero-order valence-electron chi connectivity index (χ0n) is 25.7. The Labute approximate surface area is 283 Å². The Bertz CT molecular complexity index is 2310. The zero-order chi connectivity index (χ0) is 37.4. The molecule has 4 nitrogen and oxygen atoms in total. The summed E-state index contributed by atoms with van der Waals surface area (Å²) in [5, 5.41) is 0. The molecule has 0 atom stereocenters. The maximum Gasteiger partial charge on any atom is 0.416 e. The number of rotatable bonds is 2. The molecule has 0 fully saturated rings. The smallest absolute Gasteiger partial charge is 0.355 e. The van der Waals surface area contributed by atoms with Crippen molar-refractivity contribution >= 4 is 46.4 Å². The van der Waals surface area contributed by atoms with Crippen LogP contribution in [-0.2, 0) is 24.7 Å². The monoisotopic (exact) mass is 734 g/mol. The highest BCUT2D eigenvalue weighted by Gasteiger charge is 2.39. The lowest BCUT2D eigenvalue weighted by Crippen LogP contribution is -2.11. The van der Waals surface area contributed by atoms with Crippen LogP contribution >= 0.6 is 0 Å². The molecule has 3 aromatic heterocycles. The Balaban J connectivity index is 1.54. The molecule has 0 aliphatic carbocycles. The minimum absolute atomic E-state index is 0.00901. The van der Waals surface area contributed by atoms with Crippen molar-refractivity contribution in [3.63, 3.8) is 0 Å². The topological polar surface area (TPSA) is 57.4 Å². The van der Waals surface area contributed by atoms with E-state index in [-0.39, 0.29) is 68.1 Å². The van der Waals surface area contributed by atoms with Gasteiger partial charge < -0.3 is 9.97 Å². The average molecular weight is 735 g/mol. The first-order valence-electron chi connectivity index (χ1n) is 14.9. The molecule has 2 aliphatic heterocycles. The summed E-state index contributed by atoms with van der Waals surface area (Å²) in [6, 6.07) is 11.0. The third-order valence-electron chi connectivity index (χ3n) is 8.15. The van der Waals surface area contributed by atoms with Crippen LogP contribution in [-0.4, -0.2) is 19.9 Å². The van der Waals surface area contributed by atoms with Gasteiger partial charge in [0.15, 0.2) is 0 Å². The van der Waals surface area contributed by atoms with E-state index in [2.05, 4.69) is 19.9 Å². The first-order chi connectivity index (χ1) is 24.2. The third-order valence-corrected chi connectivity index (χ3v) is 8.15. The summed E-state index contributed by atoms with van der Waals surface area (Å²) in [5.41, 5.74) is -6.16. The first kappa shape index (κ1) is 34.6. The van der Waals surface area contributed by atoms with Crippen molar-refractivity contribution in [2.24, 2.45) is 0 Å². The molecule has 5 aromatic rings. The van der Waals surface area contributed by atoms with E-state index in [1.54, 1.807) is 0 Å². The van der Waals surface area contributed by atoms with Gasteiger partial charge in [-0.25, -0.2) is 9.97 Å². The summed E-state index contributed by atoms with van der Waals surface area (Å²) in [4.78, 5) is 14.8. The van der Waals surface area contributed by atoms with Crippen molar-refractivity contribution in [3.8, 4) is 22.3 Å². The number of halogens is 12.